The third-order valence-corrected chi connectivity index (χ3v) is 5.34. The van der Waals surface area contributed by atoms with Crippen molar-refractivity contribution in [3.05, 3.63) is 46.8 Å². The van der Waals surface area contributed by atoms with E-state index in [1.54, 1.807) is 29.6 Å². The van der Waals surface area contributed by atoms with Crippen molar-refractivity contribution in [2.24, 2.45) is 0 Å². The molecule has 1 aromatic heterocycles. The number of anilines is 1. The van der Waals surface area contributed by atoms with Crippen LogP contribution in [-0.2, 0) is 10.0 Å². The number of aliphatic hydroxyl groups is 1. The molecule has 2 N–H and O–H groups in total. The number of aliphatic hydroxyl groups excluding tert-OH is 1. The largest absolute Gasteiger partial charge is 0.395 e. The van der Waals surface area contributed by atoms with Crippen molar-refractivity contribution in [2.45, 2.75) is 17.6 Å². The second-order valence-corrected chi connectivity index (χ2v) is 7.26. The third kappa shape index (κ3) is 4.33. The van der Waals surface area contributed by atoms with Gasteiger partial charge in [-0.3, -0.25) is 4.72 Å². The number of benzene rings is 1. The quantitative estimate of drug-likeness (QED) is 0.851. The number of hydrogen-bond donors (Lipinski definition) is 2. The van der Waals surface area contributed by atoms with Gasteiger partial charge in [0.2, 0.25) is 0 Å². The summed E-state index contributed by atoms with van der Waals surface area (Å²) in [4.78, 5) is 0. The van der Waals surface area contributed by atoms with E-state index in [-0.39, 0.29) is 10.8 Å². The number of aryl methyl sites for hydroxylation is 1. The normalized spacial score (nSPS) is 10.8. The van der Waals surface area contributed by atoms with Crippen molar-refractivity contribution in [2.75, 3.05) is 11.3 Å². The maximum Gasteiger partial charge on any atom is 0.271 e. The van der Waals surface area contributed by atoms with Crippen LogP contribution in [0.5, 0.6) is 0 Å². The van der Waals surface area contributed by atoms with Crippen LogP contribution in [0.2, 0.25) is 0 Å². The summed E-state index contributed by atoms with van der Waals surface area (Å²) < 4.78 is 27.2. The average Bonchev–Trinajstić information content (AvgIpc) is 2.92. The predicted molar refractivity (Wildman–Crippen MR) is 84.9 cm³/mol. The Hall–Kier alpha value is -1.81. The van der Waals surface area contributed by atoms with Crippen LogP contribution in [-0.4, -0.2) is 20.1 Å². The second-order valence-electron chi connectivity index (χ2n) is 4.40. The molecular weight excluding hydrogens is 306 g/mol. The first-order valence-corrected chi connectivity index (χ1v) is 8.65. The van der Waals surface area contributed by atoms with Crippen molar-refractivity contribution < 1.29 is 13.5 Å². The monoisotopic (exact) mass is 321 g/mol. The zero-order valence-electron chi connectivity index (χ0n) is 11.5. The summed E-state index contributed by atoms with van der Waals surface area (Å²) in [6, 6.07) is 8.56. The maximum atomic E-state index is 12.2. The number of rotatable bonds is 4. The topological polar surface area (TPSA) is 66.4 Å². The molecule has 0 bridgehead atoms. The first-order chi connectivity index (χ1) is 10.0. The molecule has 21 heavy (non-hydrogen) atoms. The van der Waals surface area contributed by atoms with E-state index in [9.17, 15) is 8.42 Å². The molecule has 0 aliphatic rings. The Kier molecular flexibility index (Phi) is 5.02. The smallest absolute Gasteiger partial charge is 0.271 e. The van der Waals surface area contributed by atoms with Gasteiger partial charge in [0.25, 0.3) is 10.0 Å². The molecule has 1 aromatic carbocycles. The van der Waals surface area contributed by atoms with Crippen LogP contribution in [0.15, 0.2) is 39.9 Å². The fraction of sp³-hybridized carbons (Fsp3) is 0.200. The van der Waals surface area contributed by atoms with E-state index in [2.05, 4.69) is 16.6 Å². The van der Waals surface area contributed by atoms with Crippen LogP contribution >= 0.6 is 11.3 Å². The zero-order chi connectivity index (χ0) is 15.3. The summed E-state index contributed by atoms with van der Waals surface area (Å²) in [7, 11) is -3.55. The molecule has 0 saturated heterocycles. The molecule has 6 heteroatoms. The maximum absolute atomic E-state index is 12.2. The predicted octanol–water partition coefficient (Wildman–Crippen LogP) is 2.59. The summed E-state index contributed by atoms with van der Waals surface area (Å²) in [5.74, 6) is 5.73. The number of sulfonamides is 1. The van der Waals surface area contributed by atoms with E-state index >= 15 is 0 Å². The van der Waals surface area contributed by atoms with E-state index in [1.165, 1.54) is 11.3 Å². The van der Waals surface area contributed by atoms with Gasteiger partial charge in [0.15, 0.2) is 0 Å². The lowest BCUT2D eigenvalue weighted by molar-refractivity contribution is 0.305. The zero-order valence-corrected chi connectivity index (χ0v) is 13.1. The van der Waals surface area contributed by atoms with Gasteiger partial charge in [-0.25, -0.2) is 8.42 Å². The minimum atomic E-state index is -3.55. The average molecular weight is 321 g/mol. The lowest BCUT2D eigenvalue weighted by atomic mass is 10.1. The lowest BCUT2D eigenvalue weighted by Gasteiger charge is -2.08. The summed E-state index contributed by atoms with van der Waals surface area (Å²) in [6.45, 7) is 1.89. The van der Waals surface area contributed by atoms with Crippen LogP contribution in [0.4, 0.5) is 5.69 Å². The highest BCUT2D eigenvalue weighted by molar-refractivity contribution is 7.94. The Morgan fingerprint density at radius 2 is 2.14 bits per heavy atom. The van der Waals surface area contributed by atoms with Gasteiger partial charge in [0.1, 0.15) is 4.21 Å². The highest BCUT2D eigenvalue weighted by atomic mass is 32.2. The van der Waals surface area contributed by atoms with Crippen LogP contribution < -0.4 is 4.72 Å². The molecule has 0 spiro atoms. The molecule has 2 rings (SSSR count). The number of nitrogens with one attached hydrogen (secondary N) is 1. The van der Waals surface area contributed by atoms with Gasteiger partial charge in [-0.2, -0.15) is 0 Å². The molecule has 0 amide bonds. The fourth-order valence-corrected chi connectivity index (χ4v) is 3.79. The summed E-state index contributed by atoms with van der Waals surface area (Å²) >= 11 is 1.17. The third-order valence-electron chi connectivity index (χ3n) is 2.56. The molecule has 4 nitrogen and oxygen atoms in total. The molecule has 1 heterocycles. The lowest BCUT2D eigenvalue weighted by Crippen LogP contribution is -2.11. The van der Waals surface area contributed by atoms with E-state index < -0.39 is 10.0 Å². The molecule has 0 radical (unpaired) electrons. The second kappa shape index (κ2) is 6.76. The van der Waals surface area contributed by atoms with Crippen LogP contribution in [0.25, 0.3) is 0 Å². The Bertz CT molecular complexity index is 769. The van der Waals surface area contributed by atoms with E-state index in [4.69, 9.17) is 5.11 Å². The molecule has 2 aromatic rings. The Balaban J connectivity index is 2.27. The van der Waals surface area contributed by atoms with Gasteiger partial charge < -0.3 is 5.11 Å². The van der Waals surface area contributed by atoms with Crippen LogP contribution in [0.1, 0.15) is 17.5 Å². The Labute approximate surface area is 128 Å². The first-order valence-electron chi connectivity index (χ1n) is 6.29. The first kappa shape index (κ1) is 15.6. The minimum absolute atomic E-state index is 0.0106. The molecule has 0 aliphatic carbocycles. The SMILES string of the molecule is Cc1cc(C#CCCO)cc(NS(=O)(=O)c2cccs2)c1. The van der Waals surface area contributed by atoms with Crippen LogP contribution in [0.3, 0.4) is 0 Å². The van der Waals surface area contributed by atoms with Gasteiger partial charge in [-0.1, -0.05) is 17.9 Å². The van der Waals surface area contributed by atoms with E-state index in [0.717, 1.165) is 5.56 Å². The summed E-state index contributed by atoms with van der Waals surface area (Å²) in [5, 5.41) is 10.4. The van der Waals surface area contributed by atoms with Crippen molar-refractivity contribution in [3.8, 4) is 11.8 Å². The Morgan fingerprint density at radius 3 is 2.81 bits per heavy atom. The van der Waals surface area contributed by atoms with Gasteiger partial charge in [-0.15, -0.1) is 11.3 Å². The molecule has 0 saturated carbocycles. The van der Waals surface area contributed by atoms with Gasteiger partial charge in [-0.05, 0) is 42.1 Å². The number of thiophene rings is 1. The van der Waals surface area contributed by atoms with Crippen molar-refractivity contribution >= 4 is 27.0 Å². The standard InChI is InChI=1S/C15H15NO3S2/c1-12-9-13(5-2-3-7-17)11-14(10-12)16-21(18,19)15-6-4-8-20-15/h4,6,8-11,16-17H,3,7H2,1H3. The van der Waals surface area contributed by atoms with Gasteiger partial charge in [0, 0.05) is 12.0 Å². The Morgan fingerprint density at radius 1 is 1.33 bits per heavy atom. The summed E-state index contributed by atoms with van der Waals surface area (Å²) in [5.41, 5.74) is 2.11. The highest BCUT2D eigenvalue weighted by Gasteiger charge is 2.15. The fourth-order valence-electron chi connectivity index (χ4n) is 1.76. The molecule has 0 fully saturated rings. The van der Waals surface area contributed by atoms with Gasteiger partial charge >= 0.3 is 0 Å². The van der Waals surface area contributed by atoms with E-state index in [0.29, 0.717) is 17.7 Å². The molecule has 0 atom stereocenters. The number of hydrogen-bond acceptors (Lipinski definition) is 4. The molecule has 0 unspecified atom stereocenters. The van der Waals surface area contributed by atoms with Crippen LogP contribution in [0, 0.1) is 18.8 Å². The summed E-state index contributed by atoms with van der Waals surface area (Å²) in [6.07, 6.45) is 0.393. The van der Waals surface area contributed by atoms with Crippen molar-refractivity contribution in [1.82, 2.24) is 0 Å². The van der Waals surface area contributed by atoms with Gasteiger partial charge in [0.05, 0.1) is 12.3 Å². The highest BCUT2D eigenvalue weighted by Crippen LogP contribution is 2.21. The molecular formula is C15H15NO3S2. The van der Waals surface area contributed by atoms with E-state index in [1.807, 2.05) is 13.0 Å². The minimum Gasteiger partial charge on any atom is -0.395 e. The molecule has 0 aliphatic heterocycles. The molecule has 110 valence electrons. The van der Waals surface area contributed by atoms with Crippen molar-refractivity contribution in [1.29, 1.82) is 0 Å². The van der Waals surface area contributed by atoms with Crippen molar-refractivity contribution in [3.63, 3.8) is 0 Å².